The van der Waals surface area contributed by atoms with Crippen molar-refractivity contribution < 1.29 is 0 Å². The summed E-state index contributed by atoms with van der Waals surface area (Å²) in [7, 11) is 0. The van der Waals surface area contributed by atoms with Crippen LogP contribution < -0.4 is 16.0 Å². The Hall–Kier alpha value is -1.22. The fourth-order valence-electron chi connectivity index (χ4n) is 2.22. The molecule has 3 nitrogen and oxygen atoms in total. The molecule has 1 heterocycles. The first kappa shape index (κ1) is 13.8. The number of piperazine rings is 1. The van der Waals surface area contributed by atoms with Crippen molar-refractivity contribution in [3.8, 4) is 0 Å². The predicted molar refractivity (Wildman–Crippen MR) is 76.5 cm³/mol. The highest BCUT2D eigenvalue weighted by Gasteiger charge is 2.20. The molecule has 1 aliphatic rings. The van der Waals surface area contributed by atoms with Gasteiger partial charge in [0, 0.05) is 36.5 Å². The molecule has 1 aromatic carbocycles. The fraction of sp³-hybridized carbons (Fsp3) is 0.571. The van der Waals surface area contributed by atoms with Crippen molar-refractivity contribution in [3.05, 3.63) is 24.3 Å². The topological polar surface area (TPSA) is 41.3 Å². The van der Waals surface area contributed by atoms with Crippen LogP contribution in [-0.4, -0.2) is 25.2 Å². The van der Waals surface area contributed by atoms with E-state index < -0.39 is 0 Å². The molecular weight excluding hydrogens is 210 g/mol. The van der Waals surface area contributed by atoms with Crippen LogP contribution in [0.15, 0.2) is 24.3 Å². The van der Waals surface area contributed by atoms with Gasteiger partial charge in [-0.3, -0.25) is 0 Å². The summed E-state index contributed by atoms with van der Waals surface area (Å²) in [5, 5.41) is 3.52. The average Bonchev–Trinajstić information content (AvgIpc) is 2.31. The van der Waals surface area contributed by atoms with Crippen LogP contribution in [0, 0.1) is 0 Å². The van der Waals surface area contributed by atoms with Gasteiger partial charge >= 0.3 is 0 Å². The Bertz CT molecular complexity index is 311. The van der Waals surface area contributed by atoms with Crippen LogP contribution in [-0.2, 0) is 0 Å². The second kappa shape index (κ2) is 6.50. The molecule has 0 radical (unpaired) electrons. The first-order chi connectivity index (χ1) is 8.15. The molecule has 0 bridgehead atoms. The van der Waals surface area contributed by atoms with Gasteiger partial charge in [-0.15, -0.1) is 0 Å². The summed E-state index contributed by atoms with van der Waals surface area (Å²) >= 11 is 0. The lowest BCUT2D eigenvalue weighted by molar-refractivity contribution is 0.407. The van der Waals surface area contributed by atoms with E-state index in [0.717, 1.165) is 18.8 Å². The fourth-order valence-corrected chi connectivity index (χ4v) is 2.22. The summed E-state index contributed by atoms with van der Waals surface area (Å²) in [5.41, 5.74) is 7.78. The lowest BCUT2D eigenvalue weighted by Gasteiger charge is -2.37. The number of benzene rings is 1. The monoisotopic (exact) mass is 235 g/mol. The molecule has 3 N–H and O–H groups in total. The molecule has 1 aliphatic heterocycles. The molecule has 2 rings (SSSR count). The van der Waals surface area contributed by atoms with Gasteiger partial charge in [0.1, 0.15) is 0 Å². The van der Waals surface area contributed by atoms with E-state index in [1.54, 1.807) is 0 Å². The lowest BCUT2D eigenvalue weighted by Crippen LogP contribution is -2.54. The lowest BCUT2D eigenvalue weighted by atomic mass is 10.1. The Morgan fingerprint density at radius 2 is 1.53 bits per heavy atom. The summed E-state index contributed by atoms with van der Waals surface area (Å²) in [6, 6.07) is 9.22. The number of nitrogens with one attached hydrogen (secondary N) is 1. The van der Waals surface area contributed by atoms with Crippen molar-refractivity contribution >= 4 is 11.4 Å². The van der Waals surface area contributed by atoms with E-state index in [1.165, 1.54) is 5.69 Å². The van der Waals surface area contributed by atoms with E-state index >= 15 is 0 Å². The van der Waals surface area contributed by atoms with Gasteiger partial charge in [0.05, 0.1) is 0 Å². The van der Waals surface area contributed by atoms with Crippen molar-refractivity contribution in [2.45, 2.75) is 39.8 Å². The SMILES string of the molecule is CC.CC1CN(c2ccc(N)cc2)CC(C)N1. The normalized spacial score (nSPS) is 23.9. The molecular formula is C14H25N3. The van der Waals surface area contributed by atoms with Crippen LogP contribution in [0.3, 0.4) is 0 Å². The van der Waals surface area contributed by atoms with Crippen LogP contribution in [0.2, 0.25) is 0 Å². The maximum Gasteiger partial charge on any atom is 0.0368 e. The third-order valence-corrected chi connectivity index (χ3v) is 2.82. The Balaban J connectivity index is 0.000000686. The van der Waals surface area contributed by atoms with Crippen molar-refractivity contribution in [2.24, 2.45) is 0 Å². The summed E-state index contributed by atoms with van der Waals surface area (Å²) in [5.74, 6) is 0. The molecule has 2 unspecified atom stereocenters. The maximum atomic E-state index is 5.68. The van der Waals surface area contributed by atoms with Crippen LogP contribution in [0.1, 0.15) is 27.7 Å². The van der Waals surface area contributed by atoms with Crippen molar-refractivity contribution in [2.75, 3.05) is 23.7 Å². The molecule has 96 valence electrons. The van der Waals surface area contributed by atoms with Crippen LogP contribution in [0.5, 0.6) is 0 Å². The van der Waals surface area contributed by atoms with Gasteiger partial charge in [-0.05, 0) is 38.1 Å². The van der Waals surface area contributed by atoms with Gasteiger partial charge in [0.2, 0.25) is 0 Å². The first-order valence-corrected chi connectivity index (χ1v) is 6.51. The van der Waals surface area contributed by atoms with Gasteiger partial charge in [-0.25, -0.2) is 0 Å². The molecule has 0 amide bonds. The Morgan fingerprint density at radius 3 is 2.00 bits per heavy atom. The highest BCUT2D eigenvalue weighted by Crippen LogP contribution is 2.18. The zero-order valence-electron chi connectivity index (χ0n) is 11.4. The minimum atomic E-state index is 0.548. The number of nitrogen functional groups attached to an aromatic ring is 1. The van der Waals surface area contributed by atoms with E-state index in [2.05, 4.69) is 36.2 Å². The summed E-state index contributed by atoms with van der Waals surface area (Å²) in [6.45, 7) is 10.6. The van der Waals surface area contributed by atoms with Gasteiger partial charge in [0.15, 0.2) is 0 Å². The van der Waals surface area contributed by atoms with Crippen LogP contribution in [0.4, 0.5) is 11.4 Å². The highest BCUT2D eigenvalue weighted by molar-refractivity contribution is 5.53. The maximum absolute atomic E-state index is 5.68. The molecule has 1 saturated heterocycles. The minimum Gasteiger partial charge on any atom is -0.399 e. The molecule has 1 fully saturated rings. The average molecular weight is 235 g/mol. The van der Waals surface area contributed by atoms with Gasteiger partial charge < -0.3 is 16.0 Å². The van der Waals surface area contributed by atoms with Gasteiger partial charge in [-0.1, -0.05) is 13.8 Å². The Labute approximate surface area is 105 Å². The number of hydrogen-bond acceptors (Lipinski definition) is 3. The predicted octanol–water partition coefficient (Wildman–Crippen LogP) is 2.48. The minimum absolute atomic E-state index is 0.548. The smallest absolute Gasteiger partial charge is 0.0368 e. The zero-order chi connectivity index (χ0) is 12.8. The second-order valence-corrected chi connectivity index (χ2v) is 4.47. The van der Waals surface area contributed by atoms with E-state index in [9.17, 15) is 0 Å². The van der Waals surface area contributed by atoms with Gasteiger partial charge in [0.25, 0.3) is 0 Å². The zero-order valence-corrected chi connectivity index (χ0v) is 11.4. The number of hydrogen-bond donors (Lipinski definition) is 2. The molecule has 17 heavy (non-hydrogen) atoms. The Morgan fingerprint density at radius 1 is 1.06 bits per heavy atom. The third kappa shape index (κ3) is 3.93. The van der Waals surface area contributed by atoms with Crippen molar-refractivity contribution in [1.82, 2.24) is 5.32 Å². The molecule has 0 spiro atoms. The second-order valence-electron chi connectivity index (χ2n) is 4.47. The molecule has 0 saturated carbocycles. The van der Waals surface area contributed by atoms with E-state index in [1.807, 2.05) is 26.0 Å². The molecule has 3 heteroatoms. The standard InChI is InChI=1S/C12H19N3.C2H6/c1-9-7-15(8-10(2)14-9)12-5-3-11(13)4-6-12;1-2/h3-6,9-10,14H,7-8,13H2,1-2H3;1-2H3. The number of nitrogens with zero attached hydrogens (tertiary/aromatic N) is 1. The van der Waals surface area contributed by atoms with Gasteiger partial charge in [-0.2, -0.15) is 0 Å². The van der Waals surface area contributed by atoms with Crippen LogP contribution >= 0.6 is 0 Å². The molecule has 0 aromatic heterocycles. The Kier molecular flexibility index (Phi) is 5.29. The molecule has 2 atom stereocenters. The summed E-state index contributed by atoms with van der Waals surface area (Å²) in [6.07, 6.45) is 0. The highest BCUT2D eigenvalue weighted by atomic mass is 15.2. The molecule has 1 aromatic rings. The van der Waals surface area contributed by atoms with E-state index in [-0.39, 0.29) is 0 Å². The van der Waals surface area contributed by atoms with Crippen molar-refractivity contribution in [1.29, 1.82) is 0 Å². The summed E-state index contributed by atoms with van der Waals surface area (Å²) < 4.78 is 0. The van der Waals surface area contributed by atoms with Crippen molar-refractivity contribution in [3.63, 3.8) is 0 Å². The van der Waals surface area contributed by atoms with E-state index in [4.69, 9.17) is 5.73 Å². The van der Waals surface area contributed by atoms with Crippen LogP contribution in [0.25, 0.3) is 0 Å². The molecule has 0 aliphatic carbocycles. The number of rotatable bonds is 1. The first-order valence-electron chi connectivity index (χ1n) is 6.51. The summed E-state index contributed by atoms with van der Waals surface area (Å²) in [4.78, 5) is 2.41. The largest absolute Gasteiger partial charge is 0.399 e. The van der Waals surface area contributed by atoms with E-state index in [0.29, 0.717) is 12.1 Å². The quantitative estimate of drug-likeness (QED) is 0.735. The number of nitrogens with two attached hydrogens (primary N) is 1. The third-order valence-electron chi connectivity index (χ3n) is 2.82. The number of anilines is 2.